The molecular weight excluding hydrogens is 594 g/mol. The van der Waals surface area contributed by atoms with Crippen LogP contribution in [0.2, 0.25) is 0 Å². The summed E-state index contributed by atoms with van der Waals surface area (Å²) in [6, 6.07) is 15.5. The minimum atomic E-state index is -2.57. The van der Waals surface area contributed by atoms with Gasteiger partial charge in [0.25, 0.3) is 5.91 Å². The lowest BCUT2D eigenvalue weighted by Gasteiger charge is -2.32. The highest BCUT2D eigenvalue weighted by Crippen LogP contribution is 2.47. The number of furan rings is 1. The first-order valence-electron chi connectivity index (χ1n) is 15.2. The van der Waals surface area contributed by atoms with E-state index in [9.17, 15) is 17.9 Å². The second-order valence-corrected chi connectivity index (χ2v) is 14.0. The van der Waals surface area contributed by atoms with Crippen LogP contribution in [0.4, 0.5) is 10.1 Å². The predicted octanol–water partition coefficient (Wildman–Crippen LogP) is 5.59. The number of amides is 1. The molecule has 0 spiro atoms. The third-order valence-corrected chi connectivity index (χ3v) is 10.1. The van der Waals surface area contributed by atoms with E-state index >= 15 is 0 Å². The molecule has 8 nitrogen and oxygen atoms in total. The maximum absolute atomic E-state index is 13.5. The first kappa shape index (κ1) is 31.5. The Morgan fingerprint density at radius 3 is 2.27 bits per heavy atom. The molecule has 1 aliphatic carbocycles. The fraction of sp³-hybridized carbons (Fsp3) is 0.382. The molecular formula is C34H37BFN2O6S-. The van der Waals surface area contributed by atoms with Crippen molar-refractivity contribution in [3.63, 3.8) is 0 Å². The molecule has 2 N–H and O–H groups in total. The monoisotopic (exact) mass is 631 g/mol. The van der Waals surface area contributed by atoms with E-state index in [2.05, 4.69) is 0 Å². The topological polar surface area (TPSA) is 118 Å². The lowest BCUT2D eigenvalue weighted by atomic mass is 9.75. The van der Waals surface area contributed by atoms with Gasteiger partial charge in [-0.15, -0.1) is 0 Å². The van der Waals surface area contributed by atoms with Gasteiger partial charge in [0.15, 0.2) is 0 Å². The third kappa shape index (κ3) is 6.19. The Morgan fingerprint density at radius 1 is 1.04 bits per heavy atom. The molecule has 1 aromatic heterocycles. The van der Waals surface area contributed by atoms with Gasteiger partial charge in [0.2, 0.25) is 0 Å². The zero-order valence-electron chi connectivity index (χ0n) is 26.1. The number of nitrogens with zero attached hydrogens (tertiary/aromatic N) is 1. The summed E-state index contributed by atoms with van der Waals surface area (Å²) in [5.41, 5.74) is 10.6. The summed E-state index contributed by atoms with van der Waals surface area (Å²) < 4.78 is 58.8. The molecule has 236 valence electrons. The molecule has 1 atom stereocenters. The van der Waals surface area contributed by atoms with Crippen LogP contribution in [0.25, 0.3) is 11.0 Å². The third-order valence-electron chi connectivity index (χ3n) is 9.35. The van der Waals surface area contributed by atoms with Crippen molar-refractivity contribution in [2.75, 3.05) is 10.8 Å². The zero-order valence-corrected chi connectivity index (χ0v) is 27.0. The maximum Gasteiger partial charge on any atom is 0.495 e. The Hall–Kier alpha value is -3.51. The molecule has 6 rings (SSSR count). The number of hydrogen-bond donors (Lipinski definition) is 1. The van der Waals surface area contributed by atoms with Crippen molar-refractivity contribution >= 4 is 46.4 Å². The van der Waals surface area contributed by atoms with Crippen LogP contribution in [0.15, 0.2) is 59.0 Å². The van der Waals surface area contributed by atoms with Crippen LogP contribution >= 0.6 is 0 Å². The van der Waals surface area contributed by atoms with Gasteiger partial charge in [-0.3, -0.25) is 9.00 Å². The lowest BCUT2D eigenvalue weighted by Crippen LogP contribution is -2.41. The van der Waals surface area contributed by atoms with Crippen LogP contribution in [0.1, 0.15) is 84.8 Å². The molecule has 0 bridgehead atoms. The van der Waals surface area contributed by atoms with E-state index in [1.807, 2.05) is 58.9 Å². The summed E-state index contributed by atoms with van der Waals surface area (Å²) in [7, 11) is -0.478. The molecule has 2 aliphatic rings. The standard InChI is InChI=1S/C34H38BFN2O6S/c1-20-16-22(8-13-27(20)35-43-33(2,3)34(4,5)44-35)14-15-38(45(40)41)28-19-29-26(18-25(28)23-9-10-23)31(32(37)39)30(42-29)17-21-6-11-24(36)12-7-21/h6-8,11-13,16,18-19,23H,9-10,14-15,17H2,1-5H3,(H2,37,39)(H,40,41)/p-1. The number of halogens is 1. The summed E-state index contributed by atoms with van der Waals surface area (Å²) in [5, 5.41) is 0.552. The number of carbonyl (C=O) groups is 1. The van der Waals surface area contributed by atoms with Crippen molar-refractivity contribution in [3.05, 3.63) is 94.0 Å². The van der Waals surface area contributed by atoms with E-state index in [0.717, 1.165) is 40.6 Å². The van der Waals surface area contributed by atoms with Crippen molar-refractivity contribution in [2.24, 2.45) is 5.73 Å². The number of nitrogens with two attached hydrogens (primary N) is 1. The molecule has 1 amide bonds. The fourth-order valence-electron chi connectivity index (χ4n) is 5.95. The van der Waals surface area contributed by atoms with Gasteiger partial charge in [-0.25, -0.2) is 4.39 Å². The van der Waals surface area contributed by atoms with Gasteiger partial charge in [-0.2, -0.15) is 0 Å². The summed E-state index contributed by atoms with van der Waals surface area (Å²) in [5.74, 6) is -0.466. The van der Waals surface area contributed by atoms with Crippen molar-refractivity contribution < 1.29 is 31.7 Å². The number of benzene rings is 3. The number of aryl methyl sites for hydroxylation is 1. The minimum absolute atomic E-state index is 0.174. The highest BCUT2D eigenvalue weighted by Gasteiger charge is 2.52. The van der Waals surface area contributed by atoms with Gasteiger partial charge < -0.3 is 28.3 Å². The molecule has 2 heterocycles. The average molecular weight is 632 g/mol. The SMILES string of the molecule is Cc1cc(CCN(c2cc3oc(Cc4ccc(F)cc4)c(C(N)=O)c3cc2C2CC2)S(=O)[O-])ccc1B1OC(C)(C)C(C)(C)O1. The van der Waals surface area contributed by atoms with Crippen molar-refractivity contribution in [1.82, 2.24) is 0 Å². The predicted molar refractivity (Wildman–Crippen MR) is 173 cm³/mol. The van der Waals surface area contributed by atoms with Crippen LogP contribution in [0.5, 0.6) is 0 Å². The van der Waals surface area contributed by atoms with Gasteiger partial charge in [0, 0.05) is 35.7 Å². The van der Waals surface area contributed by atoms with E-state index in [1.54, 1.807) is 18.2 Å². The quantitative estimate of drug-likeness (QED) is 0.180. The first-order valence-corrected chi connectivity index (χ1v) is 16.2. The van der Waals surface area contributed by atoms with E-state index in [-0.39, 0.29) is 30.3 Å². The van der Waals surface area contributed by atoms with Crippen molar-refractivity contribution in [1.29, 1.82) is 0 Å². The average Bonchev–Trinajstić information content (AvgIpc) is 3.69. The zero-order chi connectivity index (χ0) is 32.3. The molecule has 4 aromatic rings. The molecule has 0 radical (unpaired) electrons. The largest absolute Gasteiger partial charge is 0.755 e. The maximum atomic E-state index is 13.5. The molecule has 45 heavy (non-hydrogen) atoms. The fourth-order valence-corrected chi connectivity index (χ4v) is 6.51. The second-order valence-electron chi connectivity index (χ2n) is 13.1. The van der Waals surface area contributed by atoms with Gasteiger partial charge in [0.05, 0.1) is 22.5 Å². The Bertz CT molecular complexity index is 1780. The Kier molecular flexibility index (Phi) is 8.18. The molecule has 11 heteroatoms. The smallest absolute Gasteiger partial charge is 0.495 e. The van der Waals surface area contributed by atoms with Crippen molar-refractivity contribution in [3.8, 4) is 0 Å². The molecule has 2 fully saturated rings. The van der Waals surface area contributed by atoms with Crippen molar-refractivity contribution in [2.45, 2.75) is 77.4 Å². The van der Waals surface area contributed by atoms with Crippen LogP contribution in [0.3, 0.4) is 0 Å². The van der Waals surface area contributed by atoms with Gasteiger partial charge in [-0.05, 0) is 100 Å². The Balaban J connectivity index is 1.29. The van der Waals surface area contributed by atoms with E-state index in [4.69, 9.17) is 19.5 Å². The van der Waals surface area contributed by atoms with E-state index < -0.39 is 35.5 Å². The molecule has 1 aliphatic heterocycles. The molecule has 1 saturated carbocycles. The number of anilines is 1. The van der Waals surface area contributed by atoms with E-state index in [1.165, 1.54) is 16.4 Å². The van der Waals surface area contributed by atoms with Crippen LogP contribution in [-0.4, -0.2) is 39.5 Å². The van der Waals surface area contributed by atoms with Gasteiger partial charge >= 0.3 is 7.12 Å². The normalized spacial score (nSPS) is 18.0. The minimum Gasteiger partial charge on any atom is -0.755 e. The summed E-state index contributed by atoms with van der Waals surface area (Å²) in [4.78, 5) is 12.6. The summed E-state index contributed by atoms with van der Waals surface area (Å²) in [6.45, 7) is 10.3. The number of carbonyl (C=O) groups excluding carboxylic acids is 1. The number of hydrogen-bond acceptors (Lipinski definition) is 6. The van der Waals surface area contributed by atoms with Crippen LogP contribution < -0.4 is 15.5 Å². The highest BCUT2D eigenvalue weighted by atomic mass is 32.2. The van der Waals surface area contributed by atoms with E-state index in [0.29, 0.717) is 28.8 Å². The molecule has 3 aromatic carbocycles. The second kappa shape index (κ2) is 11.7. The lowest BCUT2D eigenvalue weighted by molar-refractivity contribution is 0.00578. The Labute approximate surface area is 265 Å². The number of rotatable bonds is 10. The summed E-state index contributed by atoms with van der Waals surface area (Å²) >= 11 is -2.57. The molecule has 1 saturated heterocycles. The Morgan fingerprint density at radius 2 is 1.69 bits per heavy atom. The van der Waals surface area contributed by atoms with Gasteiger partial charge in [-0.1, -0.05) is 35.9 Å². The number of primary amides is 1. The van der Waals surface area contributed by atoms with Crippen LogP contribution in [-0.2, 0) is 33.4 Å². The highest BCUT2D eigenvalue weighted by molar-refractivity contribution is 7.80. The number of fused-ring (bicyclic) bond motifs is 1. The first-order chi connectivity index (χ1) is 21.2. The van der Waals surface area contributed by atoms with Gasteiger partial charge in [0.1, 0.15) is 17.2 Å². The van der Waals surface area contributed by atoms with Crippen LogP contribution in [0, 0.1) is 12.7 Å². The summed E-state index contributed by atoms with van der Waals surface area (Å²) in [6.07, 6.45) is 2.55. The molecule has 1 unspecified atom stereocenters.